The third kappa shape index (κ3) is 5.25. The highest BCUT2D eigenvalue weighted by Crippen LogP contribution is 2.29. The third-order valence-electron chi connectivity index (χ3n) is 4.27. The number of carbonyl (C=O) groups is 1. The predicted molar refractivity (Wildman–Crippen MR) is 93.2 cm³/mol. The lowest BCUT2D eigenvalue weighted by atomic mass is 10.0. The van der Waals surface area contributed by atoms with Crippen LogP contribution in [-0.2, 0) is 30.2 Å². The molecule has 3 aromatic rings. The third-order valence-corrected chi connectivity index (χ3v) is 4.27. The lowest BCUT2D eigenvalue weighted by molar-refractivity contribution is -0.782. The van der Waals surface area contributed by atoms with Gasteiger partial charge in [0.2, 0.25) is 12.0 Å². The van der Waals surface area contributed by atoms with E-state index in [1.807, 2.05) is 13.0 Å². The summed E-state index contributed by atoms with van der Waals surface area (Å²) >= 11 is 0. The van der Waals surface area contributed by atoms with E-state index in [-0.39, 0.29) is 24.7 Å². The van der Waals surface area contributed by atoms with Crippen molar-refractivity contribution in [2.45, 2.75) is 38.4 Å². The van der Waals surface area contributed by atoms with Crippen LogP contribution in [0.2, 0.25) is 0 Å². The number of aromatic nitrogens is 3. The molecule has 146 valence electrons. The van der Waals surface area contributed by atoms with Crippen molar-refractivity contribution in [1.82, 2.24) is 10.3 Å². The smallest absolute Gasteiger partial charge is 0.305 e. The monoisotopic (exact) mass is 390 g/mol. The zero-order valence-corrected chi connectivity index (χ0v) is 15.2. The molecule has 1 aromatic carbocycles. The molecule has 0 aliphatic heterocycles. The molecule has 0 bridgehead atoms. The Labute approximate surface area is 159 Å². The van der Waals surface area contributed by atoms with E-state index < -0.39 is 11.7 Å². The summed E-state index contributed by atoms with van der Waals surface area (Å²) in [7, 11) is 0. The highest BCUT2D eigenvalue weighted by molar-refractivity contribution is 5.82. The van der Waals surface area contributed by atoms with E-state index >= 15 is 0 Å². The average molecular weight is 390 g/mol. The van der Waals surface area contributed by atoms with Gasteiger partial charge < -0.3 is 4.52 Å². The molecule has 0 N–H and O–H groups in total. The summed E-state index contributed by atoms with van der Waals surface area (Å²) in [6.07, 6.45) is -0.274. The summed E-state index contributed by atoms with van der Waals surface area (Å²) < 4.78 is 44.7. The van der Waals surface area contributed by atoms with Gasteiger partial charge in [-0.25, -0.2) is 0 Å². The van der Waals surface area contributed by atoms with Crippen molar-refractivity contribution in [3.63, 3.8) is 0 Å². The van der Waals surface area contributed by atoms with Crippen LogP contribution in [-0.4, -0.2) is 16.0 Å². The quantitative estimate of drug-likeness (QED) is 0.579. The van der Waals surface area contributed by atoms with Crippen molar-refractivity contribution in [1.29, 1.82) is 0 Å². The first-order valence-electron chi connectivity index (χ1n) is 8.76. The van der Waals surface area contributed by atoms with Crippen LogP contribution in [0.1, 0.15) is 35.5 Å². The zero-order valence-electron chi connectivity index (χ0n) is 15.2. The zero-order chi connectivity index (χ0) is 20.1. The van der Waals surface area contributed by atoms with Crippen LogP contribution >= 0.6 is 0 Å². The van der Waals surface area contributed by atoms with E-state index in [1.54, 1.807) is 29.2 Å². The molecular weight excluding hydrogens is 371 g/mol. The summed E-state index contributed by atoms with van der Waals surface area (Å²) in [6.45, 7) is 1.87. The first-order valence-corrected chi connectivity index (χ1v) is 8.76. The maximum Gasteiger partial charge on any atom is 0.416 e. The number of nitrogens with zero attached hydrogens (tertiary/aromatic N) is 3. The molecule has 0 amide bonds. The van der Waals surface area contributed by atoms with Gasteiger partial charge in [0.15, 0.2) is 11.3 Å². The number of hydrogen-bond acceptors (Lipinski definition) is 4. The van der Waals surface area contributed by atoms with Crippen LogP contribution in [0.15, 0.2) is 59.4 Å². The minimum Gasteiger partial charge on any atom is -0.305 e. The molecule has 2 heterocycles. The Morgan fingerprint density at radius 3 is 2.54 bits per heavy atom. The van der Waals surface area contributed by atoms with Crippen molar-refractivity contribution in [2.75, 3.05) is 0 Å². The van der Waals surface area contributed by atoms with Crippen molar-refractivity contribution >= 4 is 5.78 Å². The Bertz CT molecular complexity index is 922. The second-order valence-corrected chi connectivity index (χ2v) is 6.61. The van der Waals surface area contributed by atoms with E-state index in [2.05, 4.69) is 10.3 Å². The molecule has 1 atom stereocenters. The van der Waals surface area contributed by atoms with Crippen LogP contribution in [0.25, 0.3) is 0 Å². The number of benzene rings is 1. The lowest BCUT2D eigenvalue weighted by Gasteiger charge is -2.08. The molecule has 3 rings (SSSR count). The molecule has 2 aromatic heterocycles. The van der Waals surface area contributed by atoms with Gasteiger partial charge in [0.1, 0.15) is 5.78 Å². The Kier molecular flexibility index (Phi) is 5.87. The number of ketones is 1. The standard InChI is InChI=1S/C20H19F3N3O2/c1-14(10-15-5-7-16(8-6-15)20(21,22)23)26-13-19(28-25-26)12-18(27)11-17-4-2-3-9-24-17/h2-9,13-14H,10-12H2,1H3/q+1. The summed E-state index contributed by atoms with van der Waals surface area (Å²) in [5.41, 5.74) is 0.769. The maximum atomic E-state index is 12.6. The minimum absolute atomic E-state index is 0.0441. The summed E-state index contributed by atoms with van der Waals surface area (Å²) in [6, 6.07) is 10.3. The molecule has 1 unspecified atom stereocenters. The van der Waals surface area contributed by atoms with E-state index in [0.717, 1.165) is 17.7 Å². The van der Waals surface area contributed by atoms with Gasteiger partial charge >= 0.3 is 6.18 Å². The largest absolute Gasteiger partial charge is 0.416 e. The summed E-state index contributed by atoms with van der Waals surface area (Å²) in [5, 5.41) is 3.92. The molecule has 28 heavy (non-hydrogen) atoms. The maximum absolute atomic E-state index is 12.6. The van der Waals surface area contributed by atoms with Crippen LogP contribution < -0.4 is 4.68 Å². The molecule has 0 radical (unpaired) electrons. The van der Waals surface area contributed by atoms with Gasteiger partial charge in [-0.1, -0.05) is 18.2 Å². The van der Waals surface area contributed by atoms with Crippen LogP contribution in [0.5, 0.6) is 0 Å². The molecule has 5 nitrogen and oxygen atoms in total. The fraction of sp³-hybridized carbons (Fsp3) is 0.300. The lowest BCUT2D eigenvalue weighted by Crippen LogP contribution is -2.40. The average Bonchev–Trinajstić information content (AvgIpc) is 3.10. The molecule has 0 saturated heterocycles. The second kappa shape index (κ2) is 8.33. The van der Waals surface area contributed by atoms with Crippen LogP contribution in [0, 0.1) is 0 Å². The van der Waals surface area contributed by atoms with Crippen LogP contribution in [0.4, 0.5) is 13.2 Å². The topological polar surface area (TPSA) is 59.9 Å². The normalized spacial score (nSPS) is 12.7. The van der Waals surface area contributed by atoms with Gasteiger partial charge in [-0.15, -0.1) is 0 Å². The molecule has 8 heteroatoms. The van der Waals surface area contributed by atoms with E-state index in [9.17, 15) is 18.0 Å². The number of carbonyl (C=O) groups excluding carboxylic acids is 1. The fourth-order valence-corrected chi connectivity index (χ4v) is 2.81. The van der Waals surface area contributed by atoms with Gasteiger partial charge in [0.05, 0.1) is 12.0 Å². The summed E-state index contributed by atoms with van der Waals surface area (Å²) in [5.74, 6) is 0.387. The Morgan fingerprint density at radius 1 is 1.14 bits per heavy atom. The van der Waals surface area contributed by atoms with Gasteiger partial charge in [0.25, 0.3) is 0 Å². The number of alkyl halides is 3. The molecule has 0 saturated carbocycles. The molecule has 0 aliphatic rings. The highest BCUT2D eigenvalue weighted by Gasteiger charge is 2.30. The Balaban J connectivity index is 1.57. The SMILES string of the molecule is CC(Cc1ccc(C(F)(F)F)cc1)[n+]1cc(CC(=O)Cc2ccccn2)on1. The molecule has 0 aliphatic carbocycles. The minimum atomic E-state index is -4.35. The Morgan fingerprint density at radius 2 is 1.89 bits per heavy atom. The molecule has 0 spiro atoms. The van der Waals surface area contributed by atoms with Gasteiger partial charge in [-0.2, -0.15) is 13.2 Å². The van der Waals surface area contributed by atoms with Crippen molar-refractivity contribution in [3.8, 4) is 0 Å². The first kappa shape index (κ1) is 19.7. The Hall–Kier alpha value is -3.03. The number of halogens is 3. The first-order chi connectivity index (χ1) is 13.3. The summed E-state index contributed by atoms with van der Waals surface area (Å²) in [4.78, 5) is 16.3. The number of rotatable bonds is 7. The fourth-order valence-electron chi connectivity index (χ4n) is 2.81. The van der Waals surface area contributed by atoms with Crippen molar-refractivity contribution < 1.29 is 27.2 Å². The highest BCUT2D eigenvalue weighted by atomic mass is 19.4. The van der Waals surface area contributed by atoms with Gasteiger partial charge in [0, 0.05) is 31.7 Å². The number of Topliss-reactive ketones (excluding diaryl/α,β-unsaturated/α-hetero) is 1. The van der Waals surface area contributed by atoms with E-state index in [4.69, 9.17) is 4.52 Å². The van der Waals surface area contributed by atoms with Crippen molar-refractivity contribution in [2.24, 2.45) is 0 Å². The molecular formula is C20H19F3N3O2+. The van der Waals surface area contributed by atoms with Crippen molar-refractivity contribution in [3.05, 3.63) is 77.4 Å². The van der Waals surface area contributed by atoms with E-state index in [0.29, 0.717) is 17.9 Å². The van der Waals surface area contributed by atoms with Gasteiger partial charge in [-0.05, 0) is 34.5 Å². The number of pyridine rings is 1. The van der Waals surface area contributed by atoms with E-state index in [1.165, 1.54) is 12.1 Å². The predicted octanol–water partition coefficient (Wildman–Crippen LogP) is 3.53. The second-order valence-electron chi connectivity index (χ2n) is 6.61. The van der Waals surface area contributed by atoms with Gasteiger partial charge in [-0.3, -0.25) is 9.78 Å². The molecule has 0 fully saturated rings. The number of hydrogen-bond donors (Lipinski definition) is 0. The van der Waals surface area contributed by atoms with Crippen LogP contribution in [0.3, 0.4) is 0 Å².